The van der Waals surface area contributed by atoms with Crippen molar-refractivity contribution in [3.63, 3.8) is 0 Å². The molecule has 2 fully saturated rings. The van der Waals surface area contributed by atoms with Crippen LogP contribution in [-0.2, 0) is 9.59 Å². The summed E-state index contributed by atoms with van der Waals surface area (Å²) in [5.41, 5.74) is -0.575. The van der Waals surface area contributed by atoms with Crippen molar-refractivity contribution >= 4 is 33.3 Å². The summed E-state index contributed by atoms with van der Waals surface area (Å²) in [4.78, 5) is 27.5. The van der Waals surface area contributed by atoms with Gasteiger partial charge < -0.3 is 4.90 Å². The number of carbonyl (C=O) groups is 2. The van der Waals surface area contributed by atoms with Crippen molar-refractivity contribution in [1.82, 2.24) is 0 Å². The number of nitrogens with zero attached hydrogens (tertiary/aromatic N) is 1. The van der Waals surface area contributed by atoms with Crippen LogP contribution in [0.1, 0.15) is 33.6 Å². The SMILES string of the molecule is CN(C(=O)[C@]12CC[C@](C)(C(=O)[C@H]1Br)C2(C)C)c1ccccc1. The lowest BCUT2D eigenvalue weighted by Crippen LogP contribution is -2.51. The molecule has 3 nitrogen and oxygen atoms in total. The molecule has 0 heterocycles. The molecule has 0 aromatic heterocycles. The lowest BCUT2D eigenvalue weighted by atomic mass is 9.64. The van der Waals surface area contributed by atoms with E-state index in [-0.39, 0.29) is 17.1 Å². The fourth-order valence-corrected chi connectivity index (χ4v) is 6.00. The molecule has 118 valence electrons. The van der Waals surface area contributed by atoms with Gasteiger partial charge >= 0.3 is 0 Å². The van der Waals surface area contributed by atoms with Crippen molar-refractivity contribution in [2.45, 2.75) is 38.4 Å². The lowest BCUT2D eigenvalue weighted by molar-refractivity contribution is -0.132. The Balaban J connectivity index is 2.07. The highest BCUT2D eigenvalue weighted by atomic mass is 79.9. The summed E-state index contributed by atoms with van der Waals surface area (Å²) < 4.78 is 0. The highest BCUT2D eigenvalue weighted by Crippen LogP contribution is 2.72. The Hall–Kier alpha value is -1.16. The van der Waals surface area contributed by atoms with Crippen molar-refractivity contribution in [3.05, 3.63) is 30.3 Å². The first-order chi connectivity index (χ1) is 10.2. The van der Waals surface area contributed by atoms with Crippen LogP contribution >= 0.6 is 15.9 Å². The summed E-state index contributed by atoms with van der Waals surface area (Å²) in [5, 5.41) is 0. The molecule has 0 unspecified atom stereocenters. The zero-order valence-corrected chi connectivity index (χ0v) is 15.1. The minimum atomic E-state index is -0.663. The number of hydrogen-bond acceptors (Lipinski definition) is 2. The van der Waals surface area contributed by atoms with E-state index in [9.17, 15) is 9.59 Å². The van der Waals surface area contributed by atoms with Gasteiger partial charge in [-0.2, -0.15) is 0 Å². The van der Waals surface area contributed by atoms with Crippen molar-refractivity contribution in [1.29, 1.82) is 0 Å². The number of Topliss-reactive ketones (excluding diaryl/α,β-unsaturated/α-hetero) is 1. The number of amides is 1. The number of carbonyl (C=O) groups excluding carboxylic acids is 2. The molecule has 22 heavy (non-hydrogen) atoms. The van der Waals surface area contributed by atoms with Gasteiger partial charge in [-0.25, -0.2) is 0 Å². The van der Waals surface area contributed by atoms with Gasteiger partial charge in [-0.3, -0.25) is 9.59 Å². The van der Waals surface area contributed by atoms with E-state index in [0.717, 1.165) is 18.5 Å². The summed E-state index contributed by atoms with van der Waals surface area (Å²) in [6.07, 6.45) is 1.55. The molecule has 1 amide bonds. The van der Waals surface area contributed by atoms with Crippen molar-refractivity contribution in [2.75, 3.05) is 11.9 Å². The van der Waals surface area contributed by atoms with Gasteiger partial charge in [0.2, 0.25) is 5.91 Å². The van der Waals surface area contributed by atoms with E-state index in [1.165, 1.54) is 0 Å². The minimum Gasteiger partial charge on any atom is -0.315 e. The highest BCUT2D eigenvalue weighted by molar-refractivity contribution is 9.10. The highest BCUT2D eigenvalue weighted by Gasteiger charge is 2.77. The number of ketones is 1. The summed E-state index contributed by atoms with van der Waals surface area (Å²) >= 11 is 3.57. The summed E-state index contributed by atoms with van der Waals surface area (Å²) in [5.74, 6) is 0.221. The van der Waals surface area contributed by atoms with Crippen molar-refractivity contribution in [2.24, 2.45) is 16.2 Å². The van der Waals surface area contributed by atoms with Gasteiger partial charge in [0.15, 0.2) is 5.78 Å². The van der Waals surface area contributed by atoms with Crippen molar-refractivity contribution in [3.8, 4) is 0 Å². The third-order valence-corrected chi connectivity index (χ3v) is 7.75. The minimum absolute atomic E-state index is 0.0418. The van der Waals surface area contributed by atoms with E-state index in [0.29, 0.717) is 0 Å². The third kappa shape index (κ3) is 1.57. The predicted octanol–water partition coefficient (Wildman–Crippen LogP) is 3.81. The van der Waals surface area contributed by atoms with E-state index in [1.807, 2.05) is 37.3 Å². The second-order valence-corrected chi connectivity index (χ2v) is 8.27. The molecule has 0 N–H and O–H groups in total. The summed E-state index contributed by atoms with van der Waals surface area (Å²) in [6.45, 7) is 6.18. The molecule has 0 radical (unpaired) electrons. The number of rotatable bonds is 2. The van der Waals surface area contributed by atoms with Crippen LogP contribution in [0.5, 0.6) is 0 Å². The zero-order valence-electron chi connectivity index (χ0n) is 13.5. The Morgan fingerprint density at radius 3 is 2.27 bits per heavy atom. The maximum Gasteiger partial charge on any atom is 0.235 e. The van der Waals surface area contributed by atoms with E-state index < -0.39 is 15.7 Å². The van der Waals surface area contributed by atoms with Crippen LogP contribution in [0.2, 0.25) is 0 Å². The Morgan fingerprint density at radius 2 is 1.77 bits per heavy atom. The fraction of sp³-hybridized carbons (Fsp3) is 0.556. The topological polar surface area (TPSA) is 37.4 Å². The first-order valence-corrected chi connectivity index (χ1v) is 8.63. The number of halogens is 1. The Kier molecular flexibility index (Phi) is 3.34. The first-order valence-electron chi connectivity index (χ1n) is 7.72. The third-order valence-electron chi connectivity index (χ3n) is 6.55. The second-order valence-electron chi connectivity index (χ2n) is 7.35. The van der Waals surface area contributed by atoms with Crippen LogP contribution < -0.4 is 4.90 Å². The molecule has 2 bridgehead atoms. The molecule has 3 atom stereocenters. The van der Waals surface area contributed by atoms with Gasteiger partial charge in [-0.15, -0.1) is 0 Å². The fourth-order valence-electron chi connectivity index (χ4n) is 4.49. The zero-order chi connectivity index (χ0) is 16.3. The molecule has 3 rings (SSSR count). The van der Waals surface area contributed by atoms with Gasteiger partial charge in [-0.1, -0.05) is 54.9 Å². The quantitative estimate of drug-likeness (QED) is 0.749. The number of hydrogen-bond donors (Lipinski definition) is 0. The normalized spacial score (nSPS) is 35.7. The lowest BCUT2D eigenvalue weighted by Gasteiger charge is -2.41. The van der Waals surface area contributed by atoms with E-state index in [4.69, 9.17) is 0 Å². The molecule has 2 aliphatic carbocycles. The Morgan fingerprint density at radius 1 is 1.18 bits per heavy atom. The molecule has 1 aromatic carbocycles. The largest absolute Gasteiger partial charge is 0.315 e. The molecule has 0 spiro atoms. The van der Waals surface area contributed by atoms with E-state index in [1.54, 1.807) is 11.9 Å². The number of alkyl halides is 1. The van der Waals surface area contributed by atoms with Gasteiger partial charge in [0.25, 0.3) is 0 Å². The summed E-state index contributed by atoms with van der Waals surface area (Å²) in [6, 6.07) is 9.63. The second kappa shape index (κ2) is 4.67. The summed E-state index contributed by atoms with van der Waals surface area (Å²) in [7, 11) is 1.81. The van der Waals surface area contributed by atoms with Crippen LogP contribution in [0.15, 0.2) is 30.3 Å². The van der Waals surface area contributed by atoms with Crippen LogP contribution in [0, 0.1) is 16.2 Å². The first kappa shape index (κ1) is 15.7. The average Bonchev–Trinajstić information content (AvgIpc) is 2.79. The van der Waals surface area contributed by atoms with E-state index in [2.05, 4.69) is 29.8 Å². The van der Waals surface area contributed by atoms with Gasteiger partial charge in [0.1, 0.15) is 0 Å². The van der Waals surface area contributed by atoms with E-state index >= 15 is 0 Å². The van der Waals surface area contributed by atoms with Crippen LogP contribution in [-0.4, -0.2) is 23.6 Å². The Bertz CT molecular complexity index is 642. The molecule has 2 saturated carbocycles. The monoisotopic (exact) mass is 363 g/mol. The number of anilines is 1. The molecule has 1 aromatic rings. The number of para-hydroxylation sites is 1. The Labute approximate surface area is 140 Å². The predicted molar refractivity (Wildman–Crippen MR) is 91.1 cm³/mol. The number of fused-ring (bicyclic) bond motifs is 2. The maximum atomic E-state index is 13.4. The molecule has 0 aliphatic heterocycles. The smallest absolute Gasteiger partial charge is 0.235 e. The molecule has 0 saturated heterocycles. The molecular weight excluding hydrogens is 342 g/mol. The average molecular weight is 364 g/mol. The van der Waals surface area contributed by atoms with Crippen LogP contribution in [0.3, 0.4) is 0 Å². The van der Waals surface area contributed by atoms with Gasteiger partial charge in [0.05, 0.1) is 10.2 Å². The van der Waals surface area contributed by atoms with Crippen LogP contribution in [0.4, 0.5) is 5.69 Å². The standard InChI is InChI=1S/C18H22BrNO2/c1-16(2)17(3)10-11-18(16,13(19)14(17)21)15(22)20(4)12-8-6-5-7-9-12/h5-9,13H,10-11H2,1-4H3/t13-,17-,18+/m1/s1. The molecular formula is C18H22BrNO2. The molecule has 4 heteroatoms. The van der Waals surface area contributed by atoms with Gasteiger partial charge in [-0.05, 0) is 30.4 Å². The number of benzene rings is 1. The van der Waals surface area contributed by atoms with Gasteiger partial charge in [0, 0.05) is 18.2 Å². The van der Waals surface area contributed by atoms with Crippen LogP contribution in [0.25, 0.3) is 0 Å². The molecule has 2 aliphatic rings. The van der Waals surface area contributed by atoms with Crippen molar-refractivity contribution < 1.29 is 9.59 Å². The maximum absolute atomic E-state index is 13.4.